The minimum Gasteiger partial charge on any atom is -0.508 e. The summed E-state index contributed by atoms with van der Waals surface area (Å²) < 4.78 is 31.7. The third kappa shape index (κ3) is 12.7. The number of alkyl halides is 3. The van der Waals surface area contributed by atoms with Crippen LogP contribution in [0.5, 0.6) is 5.75 Å². The Bertz CT molecular complexity index is 1790. The molecular formula is C41H44F3N3O5. The maximum atomic E-state index is 13.4. The Hall–Kier alpha value is -5.42. The van der Waals surface area contributed by atoms with Crippen LogP contribution in [-0.2, 0) is 22.6 Å². The van der Waals surface area contributed by atoms with Gasteiger partial charge in [-0.2, -0.15) is 13.2 Å². The molecule has 8 nitrogen and oxygen atoms in total. The van der Waals surface area contributed by atoms with E-state index in [0.29, 0.717) is 43.5 Å². The van der Waals surface area contributed by atoms with Crippen LogP contribution in [0.25, 0.3) is 17.2 Å². The number of phenols is 1. The molecule has 0 aliphatic heterocycles. The number of carboxylic acids is 1. The van der Waals surface area contributed by atoms with Gasteiger partial charge in [-0.25, -0.2) is 4.79 Å². The summed E-state index contributed by atoms with van der Waals surface area (Å²) in [5.41, 5.74) is 11.4. The number of benzene rings is 4. The fourth-order valence-corrected chi connectivity index (χ4v) is 5.95. The Kier molecular flexibility index (Phi) is 14.6. The summed E-state index contributed by atoms with van der Waals surface area (Å²) >= 11 is 0. The second-order valence-electron chi connectivity index (χ2n) is 12.8. The Balaban J connectivity index is 0.000000785. The number of aliphatic carboxylic acids is 1. The topological polar surface area (TPSA) is 133 Å². The summed E-state index contributed by atoms with van der Waals surface area (Å²) in [5.74, 6) is -1.52. The van der Waals surface area contributed by atoms with Gasteiger partial charge in [0.05, 0.1) is 0 Å². The first-order chi connectivity index (χ1) is 24.9. The minimum atomic E-state index is -5.08. The molecule has 0 saturated heterocycles. The van der Waals surface area contributed by atoms with Crippen LogP contribution in [0.4, 0.5) is 13.2 Å². The molecule has 52 heavy (non-hydrogen) atoms. The van der Waals surface area contributed by atoms with Crippen molar-refractivity contribution in [2.75, 3.05) is 19.6 Å². The van der Waals surface area contributed by atoms with Gasteiger partial charge < -0.3 is 26.2 Å². The van der Waals surface area contributed by atoms with Crippen molar-refractivity contribution in [2.24, 2.45) is 17.6 Å². The SMILES string of the molecule is NCC1CCC(CNC(=O)c2cccc(-c3cccc(CN(CCc4ccc(O)cc4)C(=O)/C=C/c4ccccc4)c3)c2)CC1.O=C(O)C(F)(F)F. The zero-order valence-electron chi connectivity index (χ0n) is 28.8. The zero-order valence-corrected chi connectivity index (χ0v) is 28.8. The molecule has 1 fully saturated rings. The van der Waals surface area contributed by atoms with Crippen LogP contribution < -0.4 is 11.1 Å². The van der Waals surface area contributed by atoms with E-state index in [1.807, 2.05) is 95.9 Å². The van der Waals surface area contributed by atoms with E-state index in [0.717, 1.165) is 60.0 Å². The third-order valence-electron chi connectivity index (χ3n) is 8.99. The van der Waals surface area contributed by atoms with Gasteiger partial charge in [-0.15, -0.1) is 0 Å². The smallest absolute Gasteiger partial charge is 0.490 e. The molecule has 4 aromatic carbocycles. The molecule has 0 radical (unpaired) electrons. The zero-order chi connectivity index (χ0) is 37.5. The molecule has 4 aromatic rings. The quantitative estimate of drug-likeness (QED) is 0.113. The van der Waals surface area contributed by atoms with Gasteiger partial charge >= 0.3 is 12.1 Å². The second-order valence-corrected chi connectivity index (χ2v) is 12.8. The molecule has 0 unspecified atom stereocenters. The van der Waals surface area contributed by atoms with E-state index in [4.69, 9.17) is 15.6 Å². The second kappa shape index (κ2) is 19.3. The predicted octanol–water partition coefficient (Wildman–Crippen LogP) is 7.47. The number of nitrogens with one attached hydrogen (secondary N) is 1. The number of carboxylic acid groups (broad SMARTS) is 1. The summed E-state index contributed by atoms with van der Waals surface area (Å²) in [4.78, 5) is 37.2. The van der Waals surface area contributed by atoms with Crippen LogP contribution in [0, 0.1) is 11.8 Å². The fourth-order valence-electron chi connectivity index (χ4n) is 5.95. The number of phenolic OH excluding ortho intramolecular Hbond substituents is 1. The lowest BCUT2D eigenvalue weighted by Gasteiger charge is -2.27. The van der Waals surface area contributed by atoms with Gasteiger partial charge in [-0.3, -0.25) is 9.59 Å². The highest BCUT2D eigenvalue weighted by molar-refractivity contribution is 5.95. The highest BCUT2D eigenvalue weighted by Gasteiger charge is 2.38. The predicted molar refractivity (Wildman–Crippen MR) is 195 cm³/mol. The third-order valence-corrected chi connectivity index (χ3v) is 8.99. The normalized spacial score (nSPS) is 15.7. The largest absolute Gasteiger partial charge is 0.508 e. The molecule has 1 aliphatic rings. The highest BCUT2D eigenvalue weighted by Crippen LogP contribution is 2.28. The molecule has 2 amide bonds. The van der Waals surface area contributed by atoms with Crippen LogP contribution in [0.15, 0.2) is 109 Å². The van der Waals surface area contributed by atoms with E-state index in [-0.39, 0.29) is 17.6 Å². The summed E-state index contributed by atoms with van der Waals surface area (Å²) in [7, 11) is 0. The monoisotopic (exact) mass is 715 g/mol. The van der Waals surface area contributed by atoms with Gasteiger partial charge in [-0.05, 0) is 115 Å². The first kappa shape index (κ1) is 39.4. The summed E-state index contributed by atoms with van der Waals surface area (Å²) in [6.45, 7) is 2.42. The summed E-state index contributed by atoms with van der Waals surface area (Å²) in [5, 5.41) is 19.9. The van der Waals surface area contributed by atoms with Gasteiger partial charge in [-0.1, -0.05) is 72.8 Å². The lowest BCUT2D eigenvalue weighted by molar-refractivity contribution is -0.192. The van der Waals surface area contributed by atoms with Gasteiger partial charge in [0, 0.05) is 31.3 Å². The Labute approximate surface area is 301 Å². The lowest BCUT2D eigenvalue weighted by Crippen LogP contribution is -2.32. The van der Waals surface area contributed by atoms with Crippen molar-refractivity contribution in [1.82, 2.24) is 10.2 Å². The fraction of sp³-hybridized carbons (Fsp3) is 0.293. The van der Waals surface area contributed by atoms with E-state index in [1.54, 1.807) is 18.2 Å². The first-order valence-corrected chi connectivity index (χ1v) is 17.2. The molecule has 1 aliphatic carbocycles. The number of carbonyl (C=O) groups excluding carboxylic acids is 2. The average Bonchev–Trinajstić information content (AvgIpc) is 3.16. The van der Waals surface area contributed by atoms with Crippen molar-refractivity contribution in [3.8, 4) is 16.9 Å². The molecule has 0 spiro atoms. The average molecular weight is 716 g/mol. The molecule has 0 atom stereocenters. The number of rotatable bonds is 12. The molecule has 11 heteroatoms. The standard InChI is InChI=1S/C39H43N3O3.C2HF3O2/c40-26-31-12-14-32(15-13-31)27-41-39(45)36-11-5-10-35(25-36)34-9-4-8-33(24-34)28-42(23-22-30-16-19-37(43)20-17-30)38(44)21-18-29-6-2-1-3-7-29;3-2(4,5)1(6)7/h1-11,16-21,24-25,31-32,43H,12-15,22-23,26-28,40H2,(H,41,45);(H,6,7)/b21-18+;. The van der Waals surface area contributed by atoms with E-state index in [2.05, 4.69) is 11.4 Å². The molecule has 5 rings (SSSR count). The first-order valence-electron chi connectivity index (χ1n) is 17.2. The molecule has 0 heterocycles. The molecular weight excluding hydrogens is 671 g/mol. The molecule has 1 saturated carbocycles. The van der Waals surface area contributed by atoms with Crippen LogP contribution in [0.3, 0.4) is 0 Å². The van der Waals surface area contributed by atoms with Gasteiger partial charge in [0.15, 0.2) is 0 Å². The van der Waals surface area contributed by atoms with Crippen molar-refractivity contribution in [3.63, 3.8) is 0 Å². The van der Waals surface area contributed by atoms with Crippen LogP contribution in [0.1, 0.15) is 52.7 Å². The number of aromatic hydroxyl groups is 1. The van der Waals surface area contributed by atoms with E-state index >= 15 is 0 Å². The highest BCUT2D eigenvalue weighted by atomic mass is 19.4. The minimum absolute atomic E-state index is 0.0508. The van der Waals surface area contributed by atoms with Crippen molar-refractivity contribution < 1.29 is 37.8 Å². The number of amides is 2. The van der Waals surface area contributed by atoms with Crippen molar-refractivity contribution in [2.45, 2.75) is 44.8 Å². The molecule has 0 aromatic heterocycles. The van der Waals surface area contributed by atoms with Gasteiger partial charge in [0.25, 0.3) is 5.91 Å². The molecule has 5 N–H and O–H groups in total. The van der Waals surface area contributed by atoms with E-state index < -0.39 is 12.1 Å². The Morgan fingerprint density at radius 2 is 1.42 bits per heavy atom. The number of nitrogens with zero attached hydrogens (tertiary/aromatic N) is 1. The number of carbonyl (C=O) groups is 3. The van der Waals surface area contributed by atoms with Crippen molar-refractivity contribution in [1.29, 1.82) is 0 Å². The van der Waals surface area contributed by atoms with Crippen LogP contribution in [0.2, 0.25) is 0 Å². The van der Waals surface area contributed by atoms with Gasteiger partial charge in [0.2, 0.25) is 5.91 Å². The van der Waals surface area contributed by atoms with Gasteiger partial charge in [0.1, 0.15) is 5.75 Å². The lowest BCUT2D eigenvalue weighted by atomic mass is 9.82. The summed E-state index contributed by atoms with van der Waals surface area (Å²) in [6.07, 6.45) is 3.57. The van der Waals surface area contributed by atoms with E-state index in [9.17, 15) is 27.9 Å². The number of hydrogen-bond donors (Lipinski definition) is 4. The molecule has 274 valence electrons. The van der Waals surface area contributed by atoms with Crippen molar-refractivity contribution in [3.05, 3.63) is 131 Å². The number of nitrogens with two attached hydrogens (primary N) is 1. The molecule has 0 bridgehead atoms. The maximum absolute atomic E-state index is 13.4. The maximum Gasteiger partial charge on any atom is 0.490 e. The number of hydrogen-bond acceptors (Lipinski definition) is 5. The van der Waals surface area contributed by atoms with Crippen LogP contribution >= 0.6 is 0 Å². The Morgan fingerprint density at radius 1 is 0.808 bits per heavy atom. The number of halogens is 3. The Morgan fingerprint density at radius 3 is 2.06 bits per heavy atom. The summed E-state index contributed by atoms with van der Waals surface area (Å²) in [6, 6.07) is 32.8. The van der Waals surface area contributed by atoms with E-state index in [1.165, 1.54) is 0 Å². The van der Waals surface area contributed by atoms with Crippen molar-refractivity contribution >= 4 is 23.9 Å². The van der Waals surface area contributed by atoms with Crippen LogP contribution in [-0.4, -0.2) is 58.7 Å².